The molecule has 5 nitrogen and oxygen atoms in total. The summed E-state index contributed by atoms with van der Waals surface area (Å²) in [6.45, 7) is -0.201. The second-order valence-electron chi connectivity index (χ2n) is 3.03. The number of hydrogen-bond donors (Lipinski definition) is 0. The molecule has 0 bridgehead atoms. The van der Waals surface area contributed by atoms with E-state index in [4.69, 9.17) is 21.1 Å². The number of rotatable bonds is 4. The third-order valence-corrected chi connectivity index (χ3v) is 2.13. The van der Waals surface area contributed by atoms with Crippen LogP contribution in [0.4, 0.5) is 0 Å². The summed E-state index contributed by atoms with van der Waals surface area (Å²) in [7, 11) is 0. The van der Waals surface area contributed by atoms with Gasteiger partial charge in [-0.2, -0.15) is 0 Å². The molecular formula is C11H8ClNO4. The van der Waals surface area contributed by atoms with Gasteiger partial charge in [-0.15, -0.1) is 0 Å². The lowest BCUT2D eigenvalue weighted by molar-refractivity contribution is 0.0144. The summed E-state index contributed by atoms with van der Waals surface area (Å²) in [4.78, 5) is 11.3. The van der Waals surface area contributed by atoms with Crippen LogP contribution in [0.15, 0.2) is 41.1 Å². The van der Waals surface area contributed by atoms with Crippen LogP contribution in [-0.4, -0.2) is 17.9 Å². The van der Waals surface area contributed by atoms with Crippen LogP contribution in [0.25, 0.3) is 0 Å². The number of aromatic nitrogens is 1. The van der Waals surface area contributed by atoms with Crippen LogP contribution in [0.3, 0.4) is 0 Å². The topological polar surface area (TPSA) is 61.6 Å². The van der Waals surface area contributed by atoms with E-state index in [2.05, 4.69) is 9.68 Å². The smallest absolute Gasteiger partial charge is 0.363 e. The Bertz CT molecular complexity index is 481. The average Bonchev–Trinajstić information content (AvgIpc) is 2.85. The van der Waals surface area contributed by atoms with Gasteiger partial charge in [0, 0.05) is 11.1 Å². The molecule has 1 aromatic carbocycles. The molecule has 0 aliphatic rings. The maximum absolute atomic E-state index is 11.3. The first-order chi connectivity index (χ1) is 8.25. The van der Waals surface area contributed by atoms with Gasteiger partial charge >= 0.3 is 5.97 Å². The van der Waals surface area contributed by atoms with Crippen molar-refractivity contribution < 1.29 is 18.8 Å². The molecule has 0 saturated heterocycles. The number of halogens is 1. The highest BCUT2D eigenvalue weighted by Gasteiger charge is 2.10. The first kappa shape index (κ1) is 11.5. The number of benzene rings is 1. The molecule has 1 aromatic heterocycles. The van der Waals surface area contributed by atoms with Crippen LogP contribution in [0.1, 0.15) is 10.5 Å². The molecule has 88 valence electrons. The van der Waals surface area contributed by atoms with Gasteiger partial charge in [0.05, 0.1) is 0 Å². The monoisotopic (exact) mass is 253 g/mol. The Hall–Kier alpha value is -2.01. The highest BCUT2D eigenvalue weighted by atomic mass is 35.5. The number of esters is 1. The minimum absolute atomic E-state index is 0.102. The summed E-state index contributed by atoms with van der Waals surface area (Å²) in [6.07, 6.45) is 1.29. The van der Waals surface area contributed by atoms with Gasteiger partial charge in [0.15, 0.2) is 5.69 Å². The largest absolute Gasteiger partial charge is 0.457 e. The SMILES string of the molecule is O=C(OCOc1ccc(Cl)cc1)c1ccon1. The fourth-order valence-electron chi connectivity index (χ4n) is 1.07. The first-order valence-corrected chi connectivity index (χ1v) is 5.09. The predicted molar refractivity (Wildman–Crippen MR) is 58.9 cm³/mol. The Morgan fingerprint density at radius 3 is 2.71 bits per heavy atom. The van der Waals surface area contributed by atoms with Gasteiger partial charge in [-0.3, -0.25) is 0 Å². The van der Waals surface area contributed by atoms with Crippen molar-refractivity contribution in [2.45, 2.75) is 0 Å². The summed E-state index contributed by atoms with van der Waals surface area (Å²) < 4.78 is 14.5. The molecule has 17 heavy (non-hydrogen) atoms. The molecule has 0 spiro atoms. The van der Waals surface area contributed by atoms with Crippen molar-refractivity contribution in [1.29, 1.82) is 0 Å². The molecule has 2 aromatic rings. The molecule has 0 aliphatic carbocycles. The fourth-order valence-corrected chi connectivity index (χ4v) is 1.20. The van der Waals surface area contributed by atoms with E-state index in [1.165, 1.54) is 12.3 Å². The van der Waals surface area contributed by atoms with E-state index in [9.17, 15) is 4.79 Å². The van der Waals surface area contributed by atoms with Crippen LogP contribution in [0.2, 0.25) is 5.02 Å². The summed E-state index contributed by atoms with van der Waals surface area (Å²) >= 11 is 5.70. The molecule has 0 unspecified atom stereocenters. The van der Waals surface area contributed by atoms with E-state index >= 15 is 0 Å². The Balaban J connectivity index is 1.80. The minimum atomic E-state index is -0.604. The van der Waals surface area contributed by atoms with E-state index in [0.717, 1.165) is 0 Å². The van der Waals surface area contributed by atoms with Crippen LogP contribution >= 0.6 is 11.6 Å². The molecule has 1 heterocycles. The summed E-state index contributed by atoms with van der Waals surface area (Å²) in [5.41, 5.74) is 0.102. The third kappa shape index (κ3) is 3.22. The third-order valence-electron chi connectivity index (χ3n) is 1.88. The van der Waals surface area contributed by atoms with E-state index in [1.807, 2.05) is 0 Å². The quantitative estimate of drug-likeness (QED) is 0.619. The van der Waals surface area contributed by atoms with Gasteiger partial charge in [0.25, 0.3) is 0 Å². The van der Waals surface area contributed by atoms with Crippen LogP contribution < -0.4 is 4.74 Å². The van der Waals surface area contributed by atoms with Gasteiger partial charge in [-0.05, 0) is 24.3 Å². The summed E-state index contributed by atoms with van der Waals surface area (Å²) in [5.74, 6) is -0.0462. The molecule has 2 rings (SSSR count). The predicted octanol–water partition coefficient (Wildman–Crippen LogP) is 2.52. The molecule has 0 N–H and O–H groups in total. The first-order valence-electron chi connectivity index (χ1n) is 4.71. The molecule has 0 fully saturated rings. The fraction of sp³-hybridized carbons (Fsp3) is 0.0909. The van der Waals surface area contributed by atoms with Gasteiger partial charge in [-0.1, -0.05) is 16.8 Å². The lowest BCUT2D eigenvalue weighted by atomic mass is 10.3. The van der Waals surface area contributed by atoms with Crippen molar-refractivity contribution in [1.82, 2.24) is 5.16 Å². The lowest BCUT2D eigenvalue weighted by Gasteiger charge is -2.05. The maximum Gasteiger partial charge on any atom is 0.363 e. The Kier molecular flexibility index (Phi) is 3.62. The van der Waals surface area contributed by atoms with E-state index in [1.54, 1.807) is 24.3 Å². The second kappa shape index (κ2) is 5.36. The maximum atomic E-state index is 11.3. The van der Waals surface area contributed by atoms with E-state index in [0.29, 0.717) is 10.8 Å². The summed E-state index contributed by atoms with van der Waals surface area (Å²) in [5, 5.41) is 4.04. The van der Waals surface area contributed by atoms with Crippen molar-refractivity contribution in [3.8, 4) is 5.75 Å². The summed E-state index contributed by atoms with van der Waals surface area (Å²) in [6, 6.07) is 8.11. The second-order valence-corrected chi connectivity index (χ2v) is 3.47. The molecule has 0 amide bonds. The Morgan fingerprint density at radius 2 is 2.06 bits per heavy atom. The zero-order valence-corrected chi connectivity index (χ0v) is 9.39. The van der Waals surface area contributed by atoms with Crippen molar-refractivity contribution in [3.05, 3.63) is 47.3 Å². The molecular weight excluding hydrogens is 246 g/mol. The zero-order chi connectivity index (χ0) is 12.1. The number of carbonyl (C=O) groups excluding carboxylic acids is 1. The van der Waals surface area contributed by atoms with Gasteiger partial charge in [0.1, 0.15) is 12.0 Å². The zero-order valence-electron chi connectivity index (χ0n) is 8.63. The van der Waals surface area contributed by atoms with Gasteiger partial charge in [0.2, 0.25) is 6.79 Å². The Labute approximate surface area is 102 Å². The van der Waals surface area contributed by atoms with Crippen LogP contribution in [-0.2, 0) is 4.74 Å². The lowest BCUT2D eigenvalue weighted by Crippen LogP contribution is -2.10. The average molecular weight is 254 g/mol. The Morgan fingerprint density at radius 1 is 1.29 bits per heavy atom. The minimum Gasteiger partial charge on any atom is -0.457 e. The van der Waals surface area contributed by atoms with Crippen molar-refractivity contribution in [2.24, 2.45) is 0 Å². The number of nitrogens with zero attached hydrogens (tertiary/aromatic N) is 1. The van der Waals surface area contributed by atoms with Crippen LogP contribution in [0.5, 0.6) is 5.75 Å². The van der Waals surface area contributed by atoms with Crippen molar-refractivity contribution >= 4 is 17.6 Å². The molecule has 0 radical (unpaired) electrons. The molecule has 0 aliphatic heterocycles. The van der Waals surface area contributed by atoms with E-state index < -0.39 is 5.97 Å². The number of carbonyl (C=O) groups is 1. The molecule has 0 atom stereocenters. The number of ether oxygens (including phenoxy) is 2. The standard InChI is InChI=1S/C11H8ClNO4/c12-8-1-3-9(4-2-8)15-7-16-11(14)10-5-6-17-13-10/h1-6H,7H2. The molecule has 6 heteroatoms. The van der Waals surface area contributed by atoms with E-state index in [-0.39, 0.29) is 12.5 Å². The van der Waals surface area contributed by atoms with Crippen molar-refractivity contribution in [3.63, 3.8) is 0 Å². The highest BCUT2D eigenvalue weighted by Crippen LogP contribution is 2.15. The normalized spacial score (nSPS) is 9.94. The van der Waals surface area contributed by atoms with Gasteiger partial charge in [-0.25, -0.2) is 4.79 Å². The highest BCUT2D eigenvalue weighted by molar-refractivity contribution is 6.30. The van der Waals surface area contributed by atoms with Gasteiger partial charge < -0.3 is 14.0 Å². The van der Waals surface area contributed by atoms with Crippen molar-refractivity contribution in [2.75, 3.05) is 6.79 Å². The molecule has 0 saturated carbocycles. The van der Waals surface area contributed by atoms with Crippen LogP contribution in [0, 0.1) is 0 Å². The number of hydrogen-bond acceptors (Lipinski definition) is 5.